The predicted molar refractivity (Wildman–Crippen MR) is 80.4 cm³/mol. The van der Waals surface area contributed by atoms with E-state index in [0.29, 0.717) is 0 Å². The van der Waals surface area contributed by atoms with E-state index >= 15 is 0 Å². The number of hydrogen-bond acceptors (Lipinski definition) is 1. The second-order valence-electron chi connectivity index (χ2n) is 4.42. The van der Waals surface area contributed by atoms with Crippen LogP contribution in [0.3, 0.4) is 0 Å². The van der Waals surface area contributed by atoms with Crippen molar-refractivity contribution < 1.29 is 0 Å². The zero-order valence-electron chi connectivity index (χ0n) is 10.4. The molecule has 90 valence electrons. The normalized spacial score (nSPS) is 10.7. The van der Waals surface area contributed by atoms with Gasteiger partial charge in [0.1, 0.15) is 0 Å². The number of benzene rings is 1. The van der Waals surface area contributed by atoms with Crippen molar-refractivity contribution in [2.75, 3.05) is 11.0 Å². The van der Waals surface area contributed by atoms with Crippen LogP contribution in [0.15, 0.2) is 18.2 Å². The molecular weight excluding hydrogens is 309 g/mol. The molecule has 0 fully saturated rings. The van der Waals surface area contributed by atoms with E-state index in [-0.39, 0.29) is 0 Å². The lowest BCUT2D eigenvalue weighted by atomic mass is 10.1. The number of unbranched alkanes of at least 4 members (excludes halogenated alkanes) is 2. The van der Waals surface area contributed by atoms with Crippen molar-refractivity contribution >= 4 is 22.6 Å². The summed E-state index contributed by atoms with van der Waals surface area (Å²) in [6.07, 6.45) is 4.00. The van der Waals surface area contributed by atoms with Gasteiger partial charge < -0.3 is 5.32 Å². The first-order valence-electron chi connectivity index (χ1n) is 6.06. The van der Waals surface area contributed by atoms with Crippen molar-refractivity contribution in [3.63, 3.8) is 0 Å². The Labute approximate surface area is 113 Å². The molecule has 0 amide bonds. The van der Waals surface area contributed by atoms with E-state index in [1.54, 1.807) is 0 Å². The fraction of sp³-hybridized carbons (Fsp3) is 0.571. The smallest absolute Gasteiger partial charge is 0.0205 e. The van der Waals surface area contributed by atoms with Crippen molar-refractivity contribution in [3.05, 3.63) is 34.9 Å². The van der Waals surface area contributed by atoms with Crippen LogP contribution < -0.4 is 5.32 Å². The molecule has 1 aromatic rings. The van der Waals surface area contributed by atoms with Gasteiger partial charge in [0.25, 0.3) is 0 Å². The highest BCUT2D eigenvalue weighted by molar-refractivity contribution is 14.1. The maximum atomic E-state index is 3.51. The van der Waals surface area contributed by atoms with Gasteiger partial charge in [0.15, 0.2) is 0 Å². The summed E-state index contributed by atoms with van der Waals surface area (Å²) in [6, 6.07) is 6.76. The van der Waals surface area contributed by atoms with Crippen molar-refractivity contribution in [1.29, 1.82) is 0 Å². The second kappa shape index (κ2) is 8.07. The van der Waals surface area contributed by atoms with Crippen LogP contribution in [0.4, 0.5) is 0 Å². The summed E-state index contributed by atoms with van der Waals surface area (Å²) < 4.78 is 1.29. The van der Waals surface area contributed by atoms with Crippen LogP contribution in [0, 0.1) is 13.8 Å². The van der Waals surface area contributed by atoms with E-state index in [1.807, 2.05) is 0 Å². The van der Waals surface area contributed by atoms with E-state index in [4.69, 9.17) is 0 Å². The molecule has 0 bridgehead atoms. The van der Waals surface area contributed by atoms with Crippen LogP contribution in [0.25, 0.3) is 0 Å². The van der Waals surface area contributed by atoms with Gasteiger partial charge in [-0.1, -0.05) is 58.3 Å². The maximum Gasteiger partial charge on any atom is 0.0205 e. The van der Waals surface area contributed by atoms with E-state index in [9.17, 15) is 0 Å². The molecule has 1 rings (SSSR count). The summed E-state index contributed by atoms with van der Waals surface area (Å²) in [6.45, 7) is 6.48. The quantitative estimate of drug-likeness (QED) is 0.452. The topological polar surface area (TPSA) is 12.0 Å². The van der Waals surface area contributed by atoms with Gasteiger partial charge in [-0.2, -0.15) is 0 Å². The molecule has 0 aromatic heterocycles. The van der Waals surface area contributed by atoms with Gasteiger partial charge in [0.2, 0.25) is 0 Å². The number of alkyl halides is 1. The van der Waals surface area contributed by atoms with Gasteiger partial charge in [-0.05, 0) is 43.2 Å². The fourth-order valence-electron chi connectivity index (χ4n) is 1.93. The Morgan fingerprint density at radius 3 is 2.31 bits per heavy atom. The third-order valence-corrected chi connectivity index (χ3v) is 3.36. The van der Waals surface area contributed by atoms with Crippen LogP contribution in [-0.4, -0.2) is 11.0 Å². The number of hydrogen-bond donors (Lipinski definition) is 1. The minimum atomic E-state index is 1.01. The SMILES string of the molecule is Cc1cc(C)cc(CNCCCCCI)c1. The highest BCUT2D eigenvalue weighted by Gasteiger charge is 1.95. The fourth-order valence-corrected chi connectivity index (χ4v) is 2.46. The number of halogens is 1. The minimum Gasteiger partial charge on any atom is -0.313 e. The predicted octanol–water partition coefficient (Wildman–Crippen LogP) is 4.00. The third-order valence-electron chi connectivity index (χ3n) is 2.60. The van der Waals surface area contributed by atoms with Crippen molar-refractivity contribution in [1.82, 2.24) is 5.32 Å². The summed E-state index contributed by atoms with van der Waals surface area (Å²) in [5, 5.41) is 3.51. The van der Waals surface area contributed by atoms with Gasteiger partial charge in [0, 0.05) is 6.54 Å². The van der Waals surface area contributed by atoms with Crippen molar-refractivity contribution in [2.24, 2.45) is 0 Å². The Morgan fingerprint density at radius 2 is 1.69 bits per heavy atom. The maximum absolute atomic E-state index is 3.51. The average molecular weight is 331 g/mol. The Morgan fingerprint density at radius 1 is 1.00 bits per heavy atom. The molecule has 1 N–H and O–H groups in total. The summed E-state index contributed by atoms with van der Waals surface area (Å²) in [5.74, 6) is 0. The Bertz CT molecular complexity index is 289. The van der Waals surface area contributed by atoms with Crippen LogP contribution >= 0.6 is 22.6 Å². The summed E-state index contributed by atoms with van der Waals surface area (Å²) in [4.78, 5) is 0. The molecule has 0 atom stereocenters. The van der Waals surface area contributed by atoms with Crippen LogP contribution in [0.5, 0.6) is 0 Å². The van der Waals surface area contributed by atoms with E-state index in [1.165, 1.54) is 40.4 Å². The Balaban J connectivity index is 2.21. The zero-order valence-corrected chi connectivity index (χ0v) is 12.5. The van der Waals surface area contributed by atoms with E-state index in [2.05, 4.69) is 60.0 Å². The van der Waals surface area contributed by atoms with Gasteiger partial charge in [0.05, 0.1) is 0 Å². The summed E-state index contributed by atoms with van der Waals surface area (Å²) >= 11 is 2.44. The molecule has 16 heavy (non-hydrogen) atoms. The van der Waals surface area contributed by atoms with Crippen molar-refractivity contribution in [2.45, 2.75) is 39.7 Å². The van der Waals surface area contributed by atoms with E-state index in [0.717, 1.165) is 13.1 Å². The monoisotopic (exact) mass is 331 g/mol. The van der Waals surface area contributed by atoms with Crippen LogP contribution in [0.1, 0.15) is 36.0 Å². The molecule has 0 aliphatic carbocycles. The summed E-state index contributed by atoms with van der Waals surface area (Å²) in [5.41, 5.74) is 4.13. The molecule has 1 nitrogen and oxygen atoms in total. The van der Waals surface area contributed by atoms with Crippen LogP contribution in [-0.2, 0) is 6.54 Å². The van der Waals surface area contributed by atoms with Gasteiger partial charge >= 0.3 is 0 Å². The van der Waals surface area contributed by atoms with Crippen LogP contribution in [0.2, 0.25) is 0 Å². The molecule has 2 heteroatoms. The minimum absolute atomic E-state index is 1.01. The zero-order chi connectivity index (χ0) is 11.8. The summed E-state index contributed by atoms with van der Waals surface area (Å²) in [7, 11) is 0. The molecule has 0 radical (unpaired) electrons. The first kappa shape index (κ1) is 14.0. The first-order valence-corrected chi connectivity index (χ1v) is 7.59. The molecule has 0 heterocycles. The number of aryl methyl sites for hydroxylation is 2. The van der Waals surface area contributed by atoms with E-state index < -0.39 is 0 Å². The molecule has 0 unspecified atom stereocenters. The highest BCUT2D eigenvalue weighted by Crippen LogP contribution is 2.08. The van der Waals surface area contributed by atoms with Gasteiger partial charge in [-0.25, -0.2) is 0 Å². The first-order chi connectivity index (χ1) is 7.72. The lowest BCUT2D eigenvalue weighted by molar-refractivity contribution is 0.619. The molecule has 0 saturated heterocycles. The molecule has 0 aliphatic heterocycles. The van der Waals surface area contributed by atoms with Gasteiger partial charge in [-0.15, -0.1) is 0 Å². The second-order valence-corrected chi connectivity index (χ2v) is 5.50. The van der Waals surface area contributed by atoms with Gasteiger partial charge in [-0.3, -0.25) is 0 Å². The molecular formula is C14H22IN. The molecule has 1 aromatic carbocycles. The average Bonchev–Trinajstić information content (AvgIpc) is 2.22. The third kappa shape index (κ3) is 5.85. The lowest BCUT2D eigenvalue weighted by Crippen LogP contribution is -2.14. The number of rotatable bonds is 7. The largest absolute Gasteiger partial charge is 0.313 e. The lowest BCUT2D eigenvalue weighted by Gasteiger charge is -2.07. The van der Waals surface area contributed by atoms with Crippen molar-refractivity contribution in [3.8, 4) is 0 Å². The molecule has 0 saturated carbocycles. The molecule has 0 spiro atoms. The number of nitrogens with one attached hydrogen (secondary N) is 1. The highest BCUT2D eigenvalue weighted by atomic mass is 127. The standard InChI is InChI=1S/C14H22IN/c1-12-8-13(2)10-14(9-12)11-16-7-5-3-4-6-15/h8-10,16H,3-7,11H2,1-2H3. The Hall–Kier alpha value is -0.0900. The Kier molecular flexibility index (Phi) is 7.05. The molecule has 0 aliphatic rings.